The van der Waals surface area contributed by atoms with Crippen LogP contribution < -0.4 is 42.4 Å². The summed E-state index contributed by atoms with van der Waals surface area (Å²) >= 11 is -0.148. The standard InChI is InChI=1S/C17H15I2N3/c1-18-13-7-9-21-16(10-13)11-15-5-2-6-17(22-15)19-14-4-3-8-20-12-14/h2-10,12H,11H2,1H3/q-2. The zero-order valence-electron chi connectivity index (χ0n) is 12.1. The molecule has 0 bridgehead atoms. The van der Waals surface area contributed by atoms with Gasteiger partial charge >= 0.3 is 152 Å². The van der Waals surface area contributed by atoms with Crippen LogP contribution in [0.3, 0.4) is 0 Å². The van der Waals surface area contributed by atoms with E-state index in [4.69, 9.17) is 4.98 Å². The molecule has 3 nitrogen and oxygen atoms in total. The topological polar surface area (TPSA) is 38.7 Å². The number of halogens is 2. The molecule has 5 heteroatoms. The predicted octanol–water partition coefficient (Wildman–Crippen LogP) is -3.52. The van der Waals surface area contributed by atoms with Gasteiger partial charge in [0, 0.05) is 0 Å². The van der Waals surface area contributed by atoms with Crippen LogP contribution in [0.1, 0.15) is 11.4 Å². The first-order chi connectivity index (χ1) is 10.8. The molecular weight excluding hydrogens is 500 g/mol. The van der Waals surface area contributed by atoms with E-state index >= 15 is 0 Å². The maximum absolute atomic E-state index is 4.81. The van der Waals surface area contributed by atoms with Crippen LogP contribution in [0.2, 0.25) is 0 Å². The van der Waals surface area contributed by atoms with Crippen LogP contribution in [0, 0.1) is 10.8 Å². The van der Waals surface area contributed by atoms with Crippen molar-refractivity contribution in [2.24, 2.45) is 0 Å². The van der Waals surface area contributed by atoms with E-state index in [1.54, 1.807) is 0 Å². The third-order valence-electron chi connectivity index (χ3n) is 2.96. The van der Waals surface area contributed by atoms with Crippen LogP contribution in [-0.4, -0.2) is 19.9 Å². The molecule has 0 aliphatic carbocycles. The van der Waals surface area contributed by atoms with Crippen LogP contribution in [0.25, 0.3) is 0 Å². The molecule has 0 N–H and O–H groups in total. The average molecular weight is 515 g/mol. The van der Waals surface area contributed by atoms with Crippen molar-refractivity contribution < 1.29 is 42.4 Å². The van der Waals surface area contributed by atoms with Crippen molar-refractivity contribution in [1.82, 2.24) is 15.0 Å². The summed E-state index contributed by atoms with van der Waals surface area (Å²) in [6.07, 6.45) is 6.48. The number of hydrogen-bond acceptors (Lipinski definition) is 3. The van der Waals surface area contributed by atoms with Gasteiger partial charge in [-0.25, -0.2) is 0 Å². The summed E-state index contributed by atoms with van der Waals surface area (Å²) in [6, 6.07) is 14.8. The van der Waals surface area contributed by atoms with Crippen LogP contribution in [0.15, 0.2) is 61.1 Å². The van der Waals surface area contributed by atoms with Crippen LogP contribution in [-0.2, 0) is 6.42 Å². The molecule has 22 heavy (non-hydrogen) atoms. The molecule has 3 aromatic heterocycles. The molecule has 0 atom stereocenters. The van der Waals surface area contributed by atoms with Gasteiger partial charge in [-0.2, -0.15) is 0 Å². The van der Waals surface area contributed by atoms with Crippen molar-refractivity contribution in [1.29, 1.82) is 0 Å². The quantitative estimate of drug-likeness (QED) is 0.201. The third-order valence-corrected chi connectivity index (χ3v) is 7.29. The third kappa shape index (κ3) is 4.45. The summed E-state index contributed by atoms with van der Waals surface area (Å²) in [7, 11) is 0. The maximum atomic E-state index is 4.81. The summed E-state index contributed by atoms with van der Waals surface area (Å²) in [6.45, 7) is 0. The zero-order valence-corrected chi connectivity index (χ0v) is 16.4. The summed E-state index contributed by atoms with van der Waals surface area (Å²) in [5.74, 6) is 0. The normalized spacial score (nSPS) is 11.0. The second-order valence-electron chi connectivity index (χ2n) is 4.55. The van der Waals surface area contributed by atoms with Gasteiger partial charge in [-0.15, -0.1) is 0 Å². The Kier molecular flexibility index (Phi) is 5.71. The molecular formula is C17H15I2N3-2. The van der Waals surface area contributed by atoms with Gasteiger partial charge in [0.1, 0.15) is 0 Å². The van der Waals surface area contributed by atoms with Gasteiger partial charge in [0.05, 0.1) is 0 Å². The Labute approximate surface area is 151 Å². The van der Waals surface area contributed by atoms with Gasteiger partial charge in [0.2, 0.25) is 0 Å². The second kappa shape index (κ2) is 7.96. The molecule has 114 valence electrons. The fraction of sp³-hybridized carbons (Fsp3) is 0.118. The van der Waals surface area contributed by atoms with Crippen LogP contribution in [0.4, 0.5) is 0 Å². The van der Waals surface area contributed by atoms with E-state index < -0.39 is 0 Å². The molecule has 0 radical (unpaired) electrons. The molecule has 3 heterocycles. The summed E-state index contributed by atoms with van der Waals surface area (Å²) in [5, 5.41) is 0. The zero-order chi connectivity index (χ0) is 15.2. The minimum atomic E-state index is -0.262. The van der Waals surface area contributed by atoms with Crippen molar-refractivity contribution in [2.75, 3.05) is 4.93 Å². The summed E-state index contributed by atoms with van der Waals surface area (Å²) in [4.78, 5) is 15.7. The summed E-state index contributed by atoms with van der Waals surface area (Å²) < 4.78 is 3.91. The van der Waals surface area contributed by atoms with E-state index in [0.29, 0.717) is 0 Å². The second-order valence-corrected chi connectivity index (χ2v) is 9.76. The van der Waals surface area contributed by atoms with Gasteiger partial charge in [-0.1, -0.05) is 0 Å². The van der Waals surface area contributed by atoms with E-state index in [-0.39, 0.29) is 42.4 Å². The van der Waals surface area contributed by atoms with E-state index in [1.807, 2.05) is 24.7 Å². The van der Waals surface area contributed by atoms with Crippen LogP contribution >= 0.6 is 0 Å². The Bertz CT molecular complexity index is 748. The first kappa shape index (κ1) is 15.8. The average Bonchev–Trinajstić information content (AvgIpc) is 2.56. The number of pyridine rings is 3. The Morgan fingerprint density at radius 2 is 1.91 bits per heavy atom. The fourth-order valence-electron chi connectivity index (χ4n) is 1.96. The van der Waals surface area contributed by atoms with Gasteiger partial charge in [0.15, 0.2) is 0 Å². The molecule has 0 aliphatic rings. The van der Waals surface area contributed by atoms with E-state index in [2.05, 4.69) is 51.3 Å². The molecule has 0 saturated carbocycles. The molecule has 3 rings (SSSR count). The molecule has 0 aromatic carbocycles. The fourth-order valence-corrected chi connectivity index (χ4v) is 5.29. The molecule has 0 unspecified atom stereocenters. The molecule has 3 aromatic rings. The van der Waals surface area contributed by atoms with Crippen molar-refractivity contribution in [3.63, 3.8) is 0 Å². The number of aromatic nitrogens is 3. The first-order valence-corrected chi connectivity index (χ1v) is 12.2. The Balaban J connectivity index is 1.76. The SMILES string of the molecule is C[I-]c1ccnc(Cc2cccc([I-]c3cccnc3)n2)c1. The number of nitrogens with zero attached hydrogens (tertiary/aromatic N) is 3. The molecule has 0 amide bonds. The molecule has 0 saturated heterocycles. The Morgan fingerprint density at radius 3 is 2.73 bits per heavy atom. The number of rotatable bonds is 5. The van der Waals surface area contributed by atoms with E-state index in [9.17, 15) is 0 Å². The summed E-state index contributed by atoms with van der Waals surface area (Å²) in [5.41, 5.74) is 2.21. The molecule has 0 aliphatic heterocycles. The minimum absolute atomic E-state index is 0.114. The van der Waals surface area contributed by atoms with E-state index in [0.717, 1.165) is 17.8 Å². The predicted molar refractivity (Wildman–Crippen MR) is 77.5 cm³/mol. The van der Waals surface area contributed by atoms with Gasteiger partial charge in [-0.05, 0) is 0 Å². The molecule has 0 fully saturated rings. The van der Waals surface area contributed by atoms with Gasteiger partial charge in [0.25, 0.3) is 0 Å². The van der Waals surface area contributed by atoms with E-state index in [1.165, 1.54) is 10.8 Å². The Morgan fingerprint density at radius 1 is 0.955 bits per heavy atom. The Hall–Kier alpha value is -1.09. The van der Waals surface area contributed by atoms with Crippen molar-refractivity contribution in [3.05, 3.63) is 83.3 Å². The van der Waals surface area contributed by atoms with Crippen molar-refractivity contribution in [2.45, 2.75) is 6.42 Å². The first-order valence-electron chi connectivity index (χ1n) is 6.78. The number of alkyl halides is 1. The number of hydrogen-bond donors (Lipinski definition) is 0. The molecule has 0 spiro atoms. The van der Waals surface area contributed by atoms with Crippen molar-refractivity contribution >= 4 is 0 Å². The van der Waals surface area contributed by atoms with Crippen LogP contribution in [0.5, 0.6) is 0 Å². The van der Waals surface area contributed by atoms with Crippen molar-refractivity contribution in [3.8, 4) is 0 Å². The van der Waals surface area contributed by atoms with Gasteiger partial charge < -0.3 is 0 Å². The van der Waals surface area contributed by atoms with Gasteiger partial charge in [-0.3, -0.25) is 0 Å². The monoisotopic (exact) mass is 515 g/mol.